The van der Waals surface area contributed by atoms with Crippen LogP contribution < -0.4 is 5.73 Å². The van der Waals surface area contributed by atoms with Gasteiger partial charge in [0.05, 0.1) is 11.5 Å². The Balaban J connectivity index is 1.93. The summed E-state index contributed by atoms with van der Waals surface area (Å²) in [7, 11) is 0. The maximum absolute atomic E-state index is 13.0. The number of ether oxygens (including phenoxy) is 1. The van der Waals surface area contributed by atoms with E-state index < -0.39 is 5.41 Å². The molecule has 1 heterocycles. The fourth-order valence-corrected chi connectivity index (χ4v) is 3.23. The lowest BCUT2D eigenvalue weighted by Crippen LogP contribution is -2.48. The Labute approximate surface area is 146 Å². The van der Waals surface area contributed by atoms with Crippen molar-refractivity contribution >= 4 is 5.91 Å². The molecule has 134 valence electrons. The standard InChI is InChI=1S/C20H32N2O2/c1-4-16-6-8-17(9-7-16)20(2,3)19(23)22-13-10-18(11-14-22)24-15-5-12-21/h6-9,18H,4-5,10-15,21H2,1-3H3. The SMILES string of the molecule is CCc1ccc(C(C)(C)C(=O)N2CCC(OCCCN)CC2)cc1. The number of likely N-dealkylation sites (tertiary alicyclic amines) is 1. The summed E-state index contributed by atoms with van der Waals surface area (Å²) in [5.74, 6) is 0.215. The highest BCUT2D eigenvalue weighted by Crippen LogP contribution is 2.28. The number of amides is 1. The molecule has 0 spiro atoms. The first kappa shape index (κ1) is 18.9. The third-order valence-electron chi connectivity index (χ3n) is 5.05. The maximum atomic E-state index is 13.0. The second-order valence-electron chi connectivity index (χ2n) is 7.18. The van der Waals surface area contributed by atoms with Crippen molar-refractivity contribution in [2.24, 2.45) is 5.73 Å². The van der Waals surface area contributed by atoms with E-state index in [9.17, 15) is 4.79 Å². The van der Waals surface area contributed by atoms with Crippen LogP contribution in [-0.4, -0.2) is 43.2 Å². The highest BCUT2D eigenvalue weighted by molar-refractivity contribution is 5.87. The van der Waals surface area contributed by atoms with Crippen molar-refractivity contribution in [3.8, 4) is 0 Å². The molecule has 0 bridgehead atoms. The first-order chi connectivity index (χ1) is 11.5. The number of aryl methyl sites for hydroxylation is 1. The minimum atomic E-state index is -0.487. The molecule has 0 radical (unpaired) electrons. The summed E-state index contributed by atoms with van der Waals surface area (Å²) in [6.07, 6.45) is 4.03. The van der Waals surface area contributed by atoms with Crippen LogP contribution in [0.3, 0.4) is 0 Å². The van der Waals surface area contributed by atoms with E-state index in [1.807, 2.05) is 18.7 Å². The van der Waals surface area contributed by atoms with Crippen molar-refractivity contribution in [3.63, 3.8) is 0 Å². The molecule has 0 atom stereocenters. The van der Waals surface area contributed by atoms with Crippen LogP contribution in [-0.2, 0) is 21.4 Å². The van der Waals surface area contributed by atoms with E-state index in [-0.39, 0.29) is 12.0 Å². The summed E-state index contributed by atoms with van der Waals surface area (Å²) in [6.45, 7) is 9.16. The van der Waals surface area contributed by atoms with E-state index in [1.54, 1.807) is 0 Å². The lowest BCUT2D eigenvalue weighted by atomic mass is 9.82. The van der Waals surface area contributed by atoms with Gasteiger partial charge in [-0.15, -0.1) is 0 Å². The number of piperidine rings is 1. The summed E-state index contributed by atoms with van der Waals surface area (Å²) in [5.41, 5.74) is 7.40. The zero-order valence-corrected chi connectivity index (χ0v) is 15.4. The van der Waals surface area contributed by atoms with Crippen LogP contribution in [0.15, 0.2) is 24.3 Å². The predicted octanol–water partition coefficient (Wildman–Crippen LogP) is 2.88. The molecule has 2 rings (SSSR count). The number of nitrogens with two attached hydrogens (primary N) is 1. The zero-order valence-electron chi connectivity index (χ0n) is 15.4. The van der Waals surface area contributed by atoms with Crippen molar-refractivity contribution in [2.75, 3.05) is 26.2 Å². The minimum absolute atomic E-state index is 0.215. The first-order valence-corrected chi connectivity index (χ1v) is 9.19. The van der Waals surface area contributed by atoms with Crippen LogP contribution in [0.1, 0.15) is 51.2 Å². The van der Waals surface area contributed by atoms with Gasteiger partial charge in [-0.05, 0) is 57.2 Å². The fraction of sp³-hybridized carbons (Fsp3) is 0.650. The molecule has 0 aliphatic carbocycles. The summed E-state index contributed by atoms with van der Waals surface area (Å²) in [6, 6.07) is 8.45. The first-order valence-electron chi connectivity index (χ1n) is 9.19. The van der Waals surface area contributed by atoms with Gasteiger partial charge in [-0.25, -0.2) is 0 Å². The molecule has 24 heavy (non-hydrogen) atoms. The number of hydrogen-bond acceptors (Lipinski definition) is 3. The highest BCUT2D eigenvalue weighted by atomic mass is 16.5. The van der Waals surface area contributed by atoms with Gasteiger partial charge in [-0.2, -0.15) is 0 Å². The highest BCUT2D eigenvalue weighted by Gasteiger charge is 2.35. The summed E-state index contributed by atoms with van der Waals surface area (Å²) in [4.78, 5) is 15.0. The Morgan fingerprint density at radius 3 is 2.42 bits per heavy atom. The predicted molar refractivity (Wildman–Crippen MR) is 98.1 cm³/mol. The molecular weight excluding hydrogens is 300 g/mol. The summed E-state index contributed by atoms with van der Waals surface area (Å²) in [5, 5.41) is 0. The van der Waals surface area contributed by atoms with E-state index in [0.717, 1.165) is 50.9 Å². The van der Waals surface area contributed by atoms with E-state index in [2.05, 4.69) is 31.2 Å². The van der Waals surface area contributed by atoms with E-state index >= 15 is 0 Å². The number of hydrogen-bond donors (Lipinski definition) is 1. The second-order valence-corrected chi connectivity index (χ2v) is 7.18. The largest absolute Gasteiger partial charge is 0.378 e. The normalized spacial score (nSPS) is 16.4. The molecule has 1 aromatic carbocycles. The Kier molecular flexibility index (Phi) is 6.81. The quantitative estimate of drug-likeness (QED) is 0.781. The summed E-state index contributed by atoms with van der Waals surface area (Å²) >= 11 is 0. The maximum Gasteiger partial charge on any atom is 0.232 e. The summed E-state index contributed by atoms with van der Waals surface area (Å²) < 4.78 is 5.83. The number of carbonyl (C=O) groups is 1. The van der Waals surface area contributed by atoms with Gasteiger partial charge in [0.1, 0.15) is 0 Å². The molecule has 1 saturated heterocycles. The van der Waals surface area contributed by atoms with E-state index in [4.69, 9.17) is 10.5 Å². The van der Waals surface area contributed by atoms with Crippen molar-refractivity contribution < 1.29 is 9.53 Å². The van der Waals surface area contributed by atoms with Gasteiger partial charge in [0.25, 0.3) is 0 Å². The van der Waals surface area contributed by atoms with Gasteiger partial charge < -0.3 is 15.4 Å². The van der Waals surface area contributed by atoms with Gasteiger partial charge in [0.2, 0.25) is 5.91 Å². The third kappa shape index (κ3) is 4.58. The van der Waals surface area contributed by atoms with Gasteiger partial charge in [-0.3, -0.25) is 4.79 Å². The van der Waals surface area contributed by atoms with Crippen molar-refractivity contribution in [1.82, 2.24) is 4.90 Å². The lowest BCUT2D eigenvalue weighted by molar-refractivity contribution is -0.139. The van der Waals surface area contributed by atoms with Crippen LogP contribution in [0.25, 0.3) is 0 Å². The average molecular weight is 332 g/mol. The Bertz CT molecular complexity index is 517. The van der Waals surface area contributed by atoms with Gasteiger partial charge in [-0.1, -0.05) is 31.2 Å². The number of rotatable bonds is 7. The van der Waals surface area contributed by atoms with Gasteiger partial charge in [0.15, 0.2) is 0 Å². The molecular formula is C20H32N2O2. The molecule has 1 amide bonds. The molecule has 0 saturated carbocycles. The Hall–Kier alpha value is -1.39. The number of carbonyl (C=O) groups excluding carboxylic acids is 1. The molecule has 4 nitrogen and oxygen atoms in total. The van der Waals surface area contributed by atoms with E-state index in [0.29, 0.717) is 6.54 Å². The monoisotopic (exact) mass is 332 g/mol. The van der Waals surface area contributed by atoms with Crippen LogP contribution in [0, 0.1) is 0 Å². The van der Waals surface area contributed by atoms with Crippen LogP contribution >= 0.6 is 0 Å². The number of benzene rings is 1. The third-order valence-corrected chi connectivity index (χ3v) is 5.05. The molecule has 2 N–H and O–H groups in total. The van der Waals surface area contributed by atoms with Gasteiger partial charge in [0, 0.05) is 19.7 Å². The average Bonchev–Trinajstić information content (AvgIpc) is 2.62. The molecule has 1 aliphatic rings. The minimum Gasteiger partial charge on any atom is -0.378 e. The van der Waals surface area contributed by atoms with Crippen molar-refractivity contribution in [3.05, 3.63) is 35.4 Å². The van der Waals surface area contributed by atoms with Crippen molar-refractivity contribution in [1.29, 1.82) is 0 Å². The molecule has 4 heteroatoms. The fourth-order valence-electron chi connectivity index (χ4n) is 3.23. The lowest BCUT2D eigenvalue weighted by Gasteiger charge is -2.37. The Morgan fingerprint density at radius 1 is 1.25 bits per heavy atom. The van der Waals surface area contributed by atoms with Crippen LogP contribution in [0.5, 0.6) is 0 Å². The molecule has 0 aromatic heterocycles. The van der Waals surface area contributed by atoms with Crippen LogP contribution in [0.4, 0.5) is 0 Å². The molecule has 0 unspecified atom stereocenters. The Morgan fingerprint density at radius 2 is 1.88 bits per heavy atom. The molecule has 1 aliphatic heterocycles. The molecule has 1 aromatic rings. The van der Waals surface area contributed by atoms with Crippen LogP contribution in [0.2, 0.25) is 0 Å². The second kappa shape index (κ2) is 8.63. The number of nitrogens with zero attached hydrogens (tertiary/aromatic N) is 1. The molecule has 1 fully saturated rings. The zero-order chi connectivity index (χ0) is 17.6. The van der Waals surface area contributed by atoms with Gasteiger partial charge >= 0.3 is 0 Å². The smallest absolute Gasteiger partial charge is 0.232 e. The van der Waals surface area contributed by atoms with Crippen molar-refractivity contribution in [2.45, 2.75) is 58.0 Å². The van der Waals surface area contributed by atoms with E-state index in [1.165, 1.54) is 5.56 Å². The topological polar surface area (TPSA) is 55.6 Å².